The second-order valence-corrected chi connectivity index (χ2v) is 2.68. The largest absolute Gasteiger partial charge is 0.466 e. The van der Waals surface area contributed by atoms with Crippen molar-refractivity contribution in [2.45, 2.75) is 13.0 Å². The van der Waals surface area contributed by atoms with Gasteiger partial charge in [-0.15, -0.1) is 0 Å². The van der Waals surface area contributed by atoms with E-state index in [1.807, 2.05) is 0 Å². The van der Waals surface area contributed by atoms with Gasteiger partial charge in [-0.25, -0.2) is 0 Å². The van der Waals surface area contributed by atoms with E-state index in [-0.39, 0.29) is 17.9 Å². The summed E-state index contributed by atoms with van der Waals surface area (Å²) in [7, 11) is 0. The Labute approximate surface area is 66.1 Å². The number of nitrogens with two attached hydrogens (primary N) is 1. The summed E-state index contributed by atoms with van der Waals surface area (Å²) in [4.78, 5) is 11.1. The minimum Gasteiger partial charge on any atom is -0.466 e. The van der Waals surface area contributed by atoms with E-state index in [4.69, 9.17) is 10.5 Å². The van der Waals surface area contributed by atoms with E-state index < -0.39 is 0 Å². The number of nitrogens with one attached hydrogen (secondary N) is 1. The first-order valence-corrected chi connectivity index (χ1v) is 3.88. The Morgan fingerprint density at radius 3 is 2.91 bits per heavy atom. The Kier molecular flexibility index (Phi) is 2.84. The molecule has 0 radical (unpaired) electrons. The molecule has 11 heavy (non-hydrogen) atoms. The minimum atomic E-state index is -0.176. The summed E-state index contributed by atoms with van der Waals surface area (Å²) in [5.74, 6) is -0.319. The van der Waals surface area contributed by atoms with Gasteiger partial charge in [-0.1, -0.05) is 0 Å². The fourth-order valence-electron chi connectivity index (χ4n) is 1.21. The number of ether oxygens (including phenoxy) is 1. The third kappa shape index (κ3) is 1.91. The monoisotopic (exact) mass is 158 g/mol. The third-order valence-corrected chi connectivity index (χ3v) is 1.85. The van der Waals surface area contributed by atoms with Gasteiger partial charge >= 0.3 is 5.97 Å². The number of carbonyl (C=O) groups is 1. The zero-order valence-electron chi connectivity index (χ0n) is 6.67. The molecule has 0 aromatic carbocycles. The normalized spacial score (nSPS) is 30.4. The summed E-state index contributed by atoms with van der Waals surface area (Å²) in [5.41, 5.74) is 5.65. The molecule has 1 fully saturated rings. The molecule has 64 valence electrons. The maximum atomic E-state index is 11.1. The Morgan fingerprint density at radius 2 is 2.45 bits per heavy atom. The maximum absolute atomic E-state index is 11.1. The van der Waals surface area contributed by atoms with Gasteiger partial charge in [0.15, 0.2) is 0 Å². The Hall–Kier alpha value is -0.610. The molecule has 0 aromatic heterocycles. The van der Waals surface area contributed by atoms with Crippen molar-refractivity contribution in [3.05, 3.63) is 0 Å². The molecule has 1 aliphatic rings. The van der Waals surface area contributed by atoms with Crippen LogP contribution in [0.1, 0.15) is 6.92 Å². The highest BCUT2D eigenvalue weighted by molar-refractivity contribution is 5.74. The molecule has 0 aliphatic carbocycles. The summed E-state index contributed by atoms with van der Waals surface area (Å²) < 4.78 is 4.84. The van der Waals surface area contributed by atoms with Crippen LogP contribution in [-0.2, 0) is 9.53 Å². The highest BCUT2D eigenvalue weighted by atomic mass is 16.5. The third-order valence-electron chi connectivity index (χ3n) is 1.85. The number of hydrogen-bond donors (Lipinski definition) is 2. The highest BCUT2D eigenvalue weighted by Gasteiger charge is 2.30. The summed E-state index contributed by atoms with van der Waals surface area (Å²) in [6.45, 7) is 3.59. The van der Waals surface area contributed by atoms with Crippen LogP contribution in [-0.4, -0.2) is 31.7 Å². The molecule has 4 nitrogen and oxygen atoms in total. The van der Waals surface area contributed by atoms with E-state index >= 15 is 0 Å². The molecule has 0 spiro atoms. The fraction of sp³-hybridized carbons (Fsp3) is 0.857. The number of hydrogen-bond acceptors (Lipinski definition) is 4. The van der Waals surface area contributed by atoms with Crippen LogP contribution in [0.2, 0.25) is 0 Å². The standard InChI is InChI=1S/C7H14N2O2/c1-2-11-7(10)5-3-9-4-6(5)8/h5-6,9H,2-4,8H2,1H3. The number of carbonyl (C=O) groups excluding carboxylic acids is 1. The average molecular weight is 158 g/mol. The second-order valence-electron chi connectivity index (χ2n) is 2.68. The molecule has 4 heteroatoms. The van der Waals surface area contributed by atoms with Crippen LogP contribution in [0.3, 0.4) is 0 Å². The van der Waals surface area contributed by atoms with Crippen LogP contribution in [0.4, 0.5) is 0 Å². The van der Waals surface area contributed by atoms with Gasteiger partial charge < -0.3 is 15.8 Å². The first-order chi connectivity index (χ1) is 5.25. The predicted molar refractivity (Wildman–Crippen MR) is 41.0 cm³/mol. The lowest BCUT2D eigenvalue weighted by molar-refractivity contribution is -0.147. The van der Waals surface area contributed by atoms with E-state index in [9.17, 15) is 4.79 Å². The van der Waals surface area contributed by atoms with Crippen LogP contribution in [0.5, 0.6) is 0 Å². The molecular formula is C7H14N2O2. The zero-order chi connectivity index (χ0) is 8.27. The van der Waals surface area contributed by atoms with Crippen LogP contribution < -0.4 is 11.1 Å². The Morgan fingerprint density at radius 1 is 1.73 bits per heavy atom. The molecule has 0 amide bonds. The van der Waals surface area contributed by atoms with E-state index in [2.05, 4.69) is 5.32 Å². The number of esters is 1. The summed E-state index contributed by atoms with van der Waals surface area (Å²) in [6.07, 6.45) is 0. The molecule has 1 saturated heterocycles. The first kappa shape index (κ1) is 8.49. The lowest BCUT2D eigenvalue weighted by Crippen LogP contribution is -2.35. The summed E-state index contributed by atoms with van der Waals surface area (Å²) >= 11 is 0. The lowest BCUT2D eigenvalue weighted by Gasteiger charge is -2.11. The smallest absolute Gasteiger partial charge is 0.311 e. The molecular weight excluding hydrogens is 144 g/mol. The van der Waals surface area contributed by atoms with Crippen molar-refractivity contribution in [2.24, 2.45) is 11.7 Å². The molecule has 2 atom stereocenters. The Bertz CT molecular complexity index is 149. The van der Waals surface area contributed by atoms with Gasteiger partial charge in [0.1, 0.15) is 0 Å². The molecule has 1 heterocycles. The van der Waals surface area contributed by atoms with Crippen molar-refractivity contribution in [3.63, 3.8) is 0 Å². The minimum absolute atomic E-state index is 0.0750. The van der Waals surface area contributed by atoms with Crippen molar-refractivity contribution >= 4 is 5.97 Å². The van der Waals surface area contributed by atoms with Gasteiger partial charge in [-0.3, -0.25) is 4.79 Å². The van der Waals surface area contributed by atoms with Crippen LogP contribution in [0.15, 0.2) is 0 Å². The van der Waals surface area contributed by atoms with Crippen LogP contribution in [0.25, 0.3) is 0 Å². The fourth-order valence-corrected chi connectivity index (χ4v) is 1.21. The van der Waals surface area contributed by atoms with E-state index in [0.29, 0.717) is 19.7 Å². The van der Waals surface area contributed by atoms with Crippen LogP contribution in [0, 0.1) is 5.92 Å². The summed E-state index contributed by atoms with van der Waals surface area (Å²) in [6, 6.07) is -0.0750. The van der Waals surface area contributed by atoms with E-state index in [0.717, 1.165) is 0 Å². The van der Waals surface area contributed by atoms with Gasteiger partial charge in [-0.05, 0) is 6.92 Å². The highest BCUT2D eigenvalue weighted by Crippen LogP contribution is 2.08. The average Bonchev–Trinajstić information content (AvgIpc) is 2.36. The van der Waals surface area contributed by atoms with E-state index in [1.54, 1.807) is 6.92 Å². The molecule has 1 aliphatic heterocycles. The van der Waals surface area contributed by atoms with E-state index in [1.165, 1.54) is 0 Å². The Balaban J connectivity index is 2.39. The molecule has 0 saturated carbocycles. The SMILES string of the molecule is CCOC(=O)C1CNCC1N. The first-order valence-electron chi connectivity index (χ1n) is 3.88. The number of rotatable bonds is 2. The molecule has 1 rings (SSSR count). The molecule has 0 aromatic rings. The molecule has 3 N–H and O–H groups in total. The lowest BCUT2D eigenvalue weighted by atomic mass is 10.1. The predicted octanol–water partition coefficient (Wildman–Crippen LogP) is -0.904. The van der Waals surface area contributed by atoms with Crippen molar-refractivity contribution in [2.75, 3.05) is 19.7 Å². The van der Waals surface area contributed by atoms with Crippen LogP contribution >= 0.6 is 0 Å². The molecule has 2 unspecified atom stereocenters. The van der Waals surface area contributed by atoms with Crippen molar-refractivity contribution in [1.82, 2.24) is 5.32 Å². The molecule has 0 bridgehead atoms. The summed E-state index contributed by atoms with van der Waals surface area (Å²) in [5, 5.41) is 3.04. The van der Waals surface area contributed by atoms with Crippen molar-refractivity contribution in [3.8, 4) is 0 Å². The second kappa shape index (κ2) is 3.69. The van der Waals surface area contributed by atoms with Crippen molar-refractivity contribution < 1.29 is 9.53 Å². The topological polar surface area (TPSA) is 64.3 Å². The maximum Gasteiger partial charge on any atom is 0.311 e. The van der Waals surface area contributed by atoms with Gasteiger partial charge in [0.25, 0.3) is 0 Å². The quantitative estimate of drug-likeness (QED) is 0.511. The van der Waals surface area contributed by atoms with Gasteiger partial charge in [0, 0.05) is 19.1 Å². The van der Waals surface area contributed by atoms with Gasteiger partial charge in [-0.2, -0.15) is 0 Å². The van der Waals surface area contributed by atoms with Crippen molar-refractivity contribution in [1.29, 1.82) is 0 Å². The van der Waals surface area contributed by atoms with Gasteiger partial charge in [0.05, 0.1) is 12.5 Å². The van der Waals surface area contributed by atoms with Gasteiger partial charge in [0.2, 0.25) is 0 Å². The zero-order valence-corrected chi connectivity index (χ0v) is 6.67.